The predicted molar refractivity (Wildman–Crippen MR) is 63.9 cm³/mol. The second-order valence-electron chi connectivity index (χ2n) is 3.51. The van der Waals surface area contributed by atoms with Gasteiger partial charge in [0.2, 0.25) is 0 Å². The van der Waals surface area contributed by atoms with Gasteiger partial charge in [0.15, 0.2) is 23.0 Å². The Morgan fingerprint density at radius 3 is 2.38 bits per heavy atom. The monoisotopic (exact) mass is 260 g/mol. The summed E-state index contributed by atoms with van der Waals surface area (Å²) in [4.78, 5) is 18.7. The third-order valence-corrected chi connectivity index (χ3v) is 5.12. The van der Waals surface area contributed by atoms with Crippen LogP contribution < -0.4 is 0 Å². The van der Waals surface area contributed by atoms with Gasteiger partial charge in [-0.15, -0.1) is 0 Å². The van der Waals surface area contributed by atoms with Gasteiger partial charge in [-0.3, -0.25) is 0 Å². The number of hydrogen-bond acceptors (Lipinski definition) is 4. The van der Waals surface area contributed by atoms with E-state index in [1.54, 1.807) is 0 Å². The Hall–Kier alpha value is -0.0800. The molecular formula is C10H14O4P2. The smallest absolute Gasteiger partial charge is 0.179 e. The molecule has 1 fully saturated rings. The average Bonchev–Trinajstić information content (AvgIpc) is 2.27. The Labute approximate surface area is 97.0 Å². The second-order valence-corrected chi connectivity index (χ2v) is 6.47. The summed E-state index contributed by atoms with van der Waals surface area (Å²) < 4.78 is 10.5. The van der Waals surface area contributed by atoms with Crippen molar-refractivity contribution in [2.24, 2.45) is 0 Å². The zero-order valence-corrected chi connectivity index (χ0v) is 10.5. The Bertz CT molecular complexity index is 312. The summed E-state index contributed by atoms with van der Waals surface area (Å²) in [6.07, 6.45) is 1.00. The molecule has 1 saturated heterocycles. The van der Waals surface area contributed by atoms with Crippen molar-refractivity contribution >= 4 is 16.8 Å². The molecule has 2 atom stereocenters. The Balaban J connectivity index is 1.81. The van der Waals surface area contributed by atoms with Crippen molar-refractivity contribution in [1.29, 1.82) is 0 Å². The van der Waals surface area contributed by atoms with Crippen LogP contribution in [0.1, 0.15) is 12.0 Å². The molecule has 4 nitrogen and oxygen atoms in total. The molecule has 0 aliphatic carbocycles. The second kappa shape index (κ2) is 6.02. The van der Waals surface area contributed by atoms with Crippen molar-refractivity contribution in [3.63, 3.8) is 0 Å². The van der Waals surface area contributed by atoms with E-state index in [0.29, 0.717) is 6.42 Å². The maximum atomic E-state index is 9.37. The number of hydrogen-bond donors (Lipinski definition) is 2. The predicted octanol–water partition coefficient (Wildman–Crippen LogP) is 2.56. The molecule has 88 valence electrons. The zero-order valence-electron chi connectivity index (χ0n) is 8.69. The molecular weight excluding hydrogens is 246 g/mol. The van der Waals surface area contributed by atoms with Crippen LogP contribution in [0.4, 0.5) is 0 Å². The molecule has 0 saturated carbocycles. The molecule has 1 aliphatic rings. The van der Waals surface area contributed by atoms with Gasteiger partial charge in [0.1, 0.15) is 0 Å². The first-order valence-electron chi connectivity index (χ1n) is 5.04. The van der Waals surface area contributed by atoms with Crippen LogP contribution in [0.2, 0.25) is 0 Å². The normalized spacial score (nSPS) is 30.2. The molecule has 0 amide bonds. The maximum Gasteiger partial charge on any atom is 0.179 e. The molecule has 2 N–H and O–H groups in total. The lowest BCUT2D eigenvalue weighted by molar-refractivity contribution is -0.00356. The van der Waals surface area contributed by atoms with Crippen LogP contribution in [-0.2, 0) is 15.5 Å². The van der Waals surface area contributed by atoms with Crippen LogP contribution in [0.15, 0.2) is 30.3 Å². The molecule has 16 heavy (non-hydrogen) atoms. The molecule has 0 aromatic heterocycles. The minimum atomic E-state index is -1.50. The lowest BCUT2D eigenvalue weighted by Crippen LogP contribution is -2.18. The highest BCUT2D eigenvalue weighted by Gasteiger charge is 2.28. The summed E-state index contributed by atoms with van der Waals surface area (Å²) in [7, 11) is -2.99. The summed E-state index contributed by atoms with van der Waals surface area (Å²) in [5.74, 6) is 0.243. The molecule has 0 bridgehead atoms. The van der Waals surface area contributed by atoms with Crippen LogP contribution in [-0.4, -0.2) is 22.0 Å². The van der Waals surface area contributed by atoms with E-state index >= 15 is 0 Å². The maximum absolute atomic E-state index is 9.37. The quantitative estimate of drug-likeness (QED) is 0.820. The van der Waals surface area contributed by atoms with Crippen molar-refractivity contribution < 1.29 is 18.8 Å². The van der Waals surface area contributed by atoms with E-state index in [9.17, 15) is 9.79 Å². The first-order chi connectivity index (χ1) is 7.74. The number of aryl methyl sites for hydroxylation is 1. The van der Waals surface area contributed by atoms with Crippen LogP contribution in [0.3, 0.4) is 0 Å². The van der Waals surface area contributed by atoms with E-state index in [2.05, 4.69) is 0 Å². The van der Waals surface area contributed by atoms with Gasteiger partial charge in [-0.25, -0.2) is 0 Å². The van der Waals surface area contributed by atoms with Gasteiger partial charge in [0, 0.05) is 6.42 Å². The number of benzene rings is 1. The fourth-order valence-corrected chi connectivity index (χ4v) is 3.76. The van der Waals surface area contributed by atoms with Crippen molar-refractivity contribution in [3.8, 4) is 0 Å². The van der Waals surface area contributed by atoms with Gasteiger partial charge in [-0.2, -0.15) is 0 Å². The molecule has 1 heterocycles. The third kappa shape index (κ3) is 3.74. The molecule has 1 aromatic carbocycles. The first-order valence-corrected chi connectivity index (χ1v) is 7.84. The molecule has 6 heteroatoms. The molecule has 1 aromatic rings. The van der Waals surface area contributed by atoms with Gasteiger partial charge in [0.25, 0.3) is 0 Å². The highest BCUT2D eigenvalue weighted by atomic mass is 31.2. The fraction of sp³-hybridized carbons (Fsp3) is 0.400. The molecule has 0 radical (unpaired) electrons. The van der Waals surface area contributed by atoms with Gasteiger partial charge < -0.3 is 18.8 Å². The molecule has 2 unspecified atom stereocenters. The van der Waals surface area contributed by atoms with Crippen molar-refractivity contribution in [2.45, 2.75) is 19.1 Å². The molecule has 0 spiro atoms. The van der Waals surface area contributed by atoms with E-state index in [1.807, 2.05) is 30.3 Å². The topological polar surface area (TPSA) is 58.9 Å². The lowest BCUT2D eigenvalue weighted by Gasteiger charge is -2.28. The summed E-state index contributed by atoms with van der Waals surface area (Å²) in [6, 6.07) is 10.0. The third-order valence-electron chi connectivity index (χ3n) is 2.23. The van der Waals surface area contributed by atoms with Crippen molar-refractivity contribution in [2.75, 3.05) is 5.90 Å². The Morgan fingerprint density at radius 2 is 1.75 bits per heavy atom. The first kappa shape index (κ1) is 12.4. The minimum Gasteiger partial charge on any atom is -0.349 e. The summed E-state index contributed by atoms with van der Waals surface area (Å²) in [5.41, 5.74) is 1.20. The van der Waals surface area contributed by atoms with E-state index < -0.39 is 23.0 Å². The Morgan fingerprint density at radius 1 is 1.12 bits per heavy atom. The van der Waals surface area contributed by atoms with E-state index in [4.69, 9.17) is 9.05 Å². The fourth-order valence-electron chi connectivity index (χ4n) is 1.50. The van der Waals surface area contributed by atoms with Crippen LogP contribution in [0.5, 0.6) is 0 Å². The summed E-state index contributed by atoms with van der Waals surface area (Å²) in [6.45, 7) is 0. The van der Waals surface area contributed by atoms with Gasteiger partial charge in [0.05, 0.1) is 5.90 Å². The van der Waals surface area contributed by atoms with Gasteiger partial charge >= 0.3 is 0 Å². The van der Waals surface area contributed by atoms with E-state index in [1.165, 1.54) is 5.56 Å². The van der Waals surface area contributed by atoms with Crippen molar-refractivity contribution in [1.82, 2.24) is 0 Å². The molecule has 1 aliphatic heterocycles. The highest BCUT2D eigenvalue weighted by molar-refractivity contribution is 7.64. The minimum absolute atomic E-state index is 0.243. The SMILES string of the molecule is OP1CP(O)OC(CCc2ccccc2)O1. The number of rotatable bonds is 3. The van der Waals surface area contributed by atoms with Gasteiger partial charge in [-0.05, 0) is 12.0 Å². The lowest BCUT2D eigenvalue weighted by atomic mass is 10.1. The van der Waals surface area contributed by atoms with E-state index in [-0.39, 0.29) is 5.90 Å². The standard InChI is InChI=1S/C10H14O4P2/c11-15-8-16(12)14-10(13-15)7-6-9-4-2-1-3-5-9/h1-5,10-12H,6-8H2. The van der Waals surface area contributed by atoms with Crippen LogP contribution in [0, 0.1) is 0 Å². The summed E-state index contributed by atoms with van der Waals surface area (Å²) >= 11 is 0. The Kier molecular flexibility index (Phi) is 4.66. The zero-order chi connectivity index (χ0) is 11.4. The summed E-state index contributed by atoms with van der Waals surface area (Å²) in [5, 5.41) is 0. The highest BCUT2D eigenvalue weighted by Crippen LogP contribution is 2.54. The van der Waals surface area contributed by atoms with Gasteiger partial charge in [-0.1, -0.05) is 30.3 Å². The largest absolute Gasteiger partial charge is 0.349 e. The average molecular weight is 260 g/mol. The van der Waals surface area contributed by atoms with E-state index in [0.717, 1.165) is 6.42 Å². The van der Waals surface area contributed by atoms with Crippen LogP contribution in [0.25, 0.3) is 0 Å². The molecule has 2 rings (SSSR count). The van der Waals surface area contributed by atoms with Crippen molar-refractivity contribution in [3.05, 3.63) is 35.9 Å². The van der Waals surface area contributed by atoms with Crippen LogP contribution >= 0.6 is 16.8 Å².